The summed E-state index contributed by atoms with van der Waals surface area (Å²) in [5, 5.41) is 20.4. The fraction of sp³-hybridized carbons (Fsp3) is 0.208. The first kappa shape index (κ1) is 21.7. The molecule has 0 amide bonds. The van der Waals surface area contributed by atoms with E-state index in [4.69, 9.17) is 9.47 Å². The number of aromatic nitrogens is 1. The molecule has 0 spiro atoms. The predicted molar refractivity (Wildman–Crippen MR) is 115 cm³/mol. The first-order chi connectivity index (χ1) is 14.9. The van der Waals surface area contributed by atoms with Crippen LogP contribution in [-0.4, -0.2) is 29.7 Å². The van der Waals surface area contributed by atoms with E-state index < -0.39 is 17.2 Å². The Morgan fingerprint density at radius 1 is 1.03 bits per heavy atom. The number of nitriles is 1. The molecule has 7 nitrogen and oxygen atoms in total. The summed E-state index contributed by atoms with van der Waals surface area (Å²) < 4.78 is 11.3. The van der Waals surface area contributed by atoms with Crippen molar-refractivity contribution in [1.29, 1.82) is 5.26 Å². The van der Waals surface area contributed by atoms with Crippen LogP contribution in [0.25, 0.3) is 0 Å². The predicted octanol–water partition coefficient (Wildman–Crippen LogP) is 3.22. The summed E-state index contributed by atoms with van der Waals surface area (Å²) >= 11 is 0. The average Bonchev–Trinajstić information content (AvgIpc) is 2.79. The van der Waals surface area contributed by atoms with E-state index in [1.165, 1.54) is 14.0 Å². The van der Waals surface area contributed by atoms with Gasteiger partial charge in [-0.3, -0.25) is 14.2 Å². The lowest BCUT2D eigenvalue weighted by molar-refractivity contribution is 0.103. The number of benzene rings is 2. The number of rotatable bonds is 7. The molecule has 0 aliphatic rings. The Balaban J connectivity index is 2.02. The van der Waals surface area contributed by atoms with Gasteiger partial charge in [-0.15, -0.1) is 0 Å². The molecule has 1 aromatic heterocycles. The van der Waals surface area contributed by atoms with Gasteiger partial charge in [0.25, 0.3) is 5.56 Å². The summed E-state index contributed by atoms with van der Waals surface area (Å²) in [5.74, 6) is 0.362. The molecule has 0 atom stereocenters. The highest BCUT2D eigenvalue weighted by Crippen LogP contribution is 2.26. The van der Waals surface area contributed by atoms with E-state index in [9.17, 15) is 20.0 Å². The summed E-state index contributed by atoms with van der Waals surface area (Å²) in [7, 11) is 3.09. The van der Waals surface area contributed by atoms with Gasteiger partial charge in [-0.1, -0.05) is 12.1 Å². The second-order valence-corrected chi connectivity index (χ2v) is 6.92. The lowest BCUT2D eigenvalue weighted by Crippen LogP contribution is -2.27. The molecule has 1 N–H and O–H groups in total. The van der Waals surface area contributed by atoms with Crippen LogP contribution in [0.2, 0.25) is 0 Å². The summed E-state index contributed by atoms with van der Waals surface area (Å²) in [6.07, 6.45) is 0.418. The second kappa shape index (κ2) is 9.18. The van der Waals surface area contributed by atoms with Gasteiger partial charge in [0.2, 0.25) is 5.88 Å². The van der Waals surface area contributed by atoms with Gasteiger partial charge in [0.1, 0.15) is 23.1 Å². The smallest absolute Gasteiger partial charge is 0.271 e. The van der Waals surface area contributed by atoms with E-state index in [0.717, 1.165) is 10.1 Å². The van der Waals surface area contributed by atoms with Crippen molar-refractivity contribution in [2.75, 3.05) is 14.2 Å². The summed E-state index contributed by atoms with van der Waals surface area (Å²) in [5.41, 5.74) is 0.530. The molecule has 0 aliphatic carbocycles. The quantitative estimate of drug-likeness (QED) is 0.591. The number of pyridine rings is 1. The molecule has 0 unspecified atom stereocenters. The molecule has 3 aromatic rings. The van der Waals surface area contributed by atoms with E-state index in [1.807, 2.05) is 18.2 Å². The summed E-state index contributed by atoms with van der Waals surface area (Å²) in [6.45, 7) is 1.60. The van der Waals surface area contributed by atoms with E-state index in [1.54, 1.807) is 43.5 Å². The highest BCUT2D eigenvalue weighted by molar-refractivity contribution is 6.11. The fourth-order valence-electron chi connectivity index (χ4n) is 3.35. The van der Waals surface area contributed by atoms with Crippen LogP contribution in [0.1, 0.15) is 32.6 Å². The van der Waals surface area contributed by atoms with Gasteiger partial charge in [0.15, 0.2) is 5.78 Å². The van der Waals surface area contributed by atoms with E-state index in [0.29, 0.717) is 23.5 Å². The van der Waals surface area contributed by atoms with Gasteiger partial charge in [0, 0.05) is 12.1 Å². The fourth-order valence-corrected chi connectivity index (χ4v) is 3.35. The third kappa shape index (κ3) is 4.28. The molecule has 3 rings (SSSR count). The molecule has 0 saturated heterocycles. The SMILES string of the molecule is COc1ccc(CCn2c(O)c(C(=O)c3ccc(OC)cc3)c(C)c(C#N)c2=O)cc1. The number of ketones is 1. The zero-order valence-electron chi connectivity index (χ0n) is 17.5. The van der Waals surface area contributed by atoms with Crippen LogP contribution in [0.4, 0.5) is 0 Å². The van der Waals surface area contributed by atoms with Crippen LogP contribution in [-0.2, 0) is 13.0 Å². The molecule has 1 heterocycles. The van der Waals surface area contributed by atoms with Crippen LogP contribution in [0, 0.1) is 18.3 Å². The zero-order valence-corrected chi connectivity index (χ0v) is 17.5. The van der Waals surface area contributed by atoms with Gasteiger partial charge >= 0.3 is 0 Å². The molecule has 7 heteroatoms. The Labute approximate surface area is 179 Å². The number of nitrogens with zero attached hydrogens (tertiary/aromatic N) is 2. The van der Waals surface area contributed by atoms with E-state index >= 15 is 0 Å². The van der Waals surface area contributed by atoms with Crippen molar-refractivity contribution >= 4 is 5.78 Å². The molecular formula is C24H22N2O5. The minimum Gasteiger partial charge on any atom is -0.497 e. The highest BCUT2D eigenvalue weighted by Gasteiger charge is 2.24. The number of aryl methyl sites for hydroxylation is 1. The van der Waals surface area contributed by atoms with Crippen molar-refractivity contribution in [1.82, 2.24) is 4.57 Å². The number of carbonyl (C=O) groups excluding carboxylic acids is 1. The Bertz CT molecular complexity index is 1200. The lowest BCUT2D eigenvalue weighted by Gasteiger charge is -2.16. The molecule has 158 valence electrons. The van der Waals surface area contributed by atoms with Gasteiger partial charge in [-0.25, -0.2) is 0 Å². The number of carbonyl (C=O) groups is 1. The molecule has 0 radical (unpaired) electrons. The topological polar surface area (TPSA) is 102 Å². The van der Waals surface area contributed by atoms with Crippen molar-refractivity contribution < 1.29 is 19.4 Å². The Kier molecular flexibility index (Phi) is 6.41. The third-order valence-electron chi connectivity index (χ3n) is 5.16. The normalized spacial score (nSPS) is 10.4. The van der Waals surface area contributed by atoms with Crippen LogP contribution < -0.4 is 15.0 Å². The first-order valence-electron chi connectivity index (χ1n) is 9.59. The van der Waals surface area contributed by atoms with Gasteiger partial charge < -0.3 is 14.6 Å². The maximum atomic E-state index is 13.1. The van der Waals surface area contributed by atoms with Crippen molar-refractivity contribution in [3.63, 3.8) is 0 Å². The number of ether oxygens (including phenoxy) is 2. The minimum atomic E-state index is -0.628. The average molecular weight is 418 g/mol. The molecule has 2 aromatic carbocycles. The molecule has 0 aliphatic heterocycles. The Morgan fingerprint density at radius 2 is 1.58 bits per heavy atom. The molecular weight excluding hydrogens is 396 g/mol. The van der Waals surface area contributed by atoms with Crippen LogP contribution >= 0.6 is 0 Å². The maximum absolute atomic E-state index is 13.1. The lowest BCUT2D eigenvalue weighted by atomic mass is 9.97. The summed E-state index contributed by atoms with van der Waals surface area (Å²) in [6, 6.07) is 15.6. The molecule has 0 saturated carbocycles. The monoisotopic (exact) mass is 418 g/mol. The van der Waals surface area contributed by atoms with Gasteiger partial charge in [0.05, 0.1) is 19.8 Å². The second-order valence-electron chi connectivity index (χ2n) is 6.92. The molecule has 0 fully saturated rings. The van der Waals surface area contributed by atoms with Crippen molar-refractivity contribution in [2.24, 2.45) is 0 Å². The molecule has 31 heavy (non-hydrogen) atoms. The van der Waals surface area contributed by atoms with Gasteiger partial charge in [-0.2, -0.15) is 5.26 Å². The van der Waals surface area contributed by atoms with Crippen LogP contribution in [0.5, 0.6) is 17.4 Å². The highest BCUT2D eigenvalue weighted by atomic mass is 16.5. The van der Waals surface area contributed by atoms with Crippen molar-refractivity contribution in [3.05, 3.63) is 86.7 Å². The van der Waals surface area contributed by atoms with Crippen LogP contribution in [0.15, 0.2) is 53.3 Å². The number of methoxy groups -OCH3 is 2. The largest absolute Gasteiger partial charge is 0.497 e. The van der Waals surface area contributed by atoms with Crippen molar-refractivity contribution in [2.45, 2.75) is 19.9 Å². The Hall–Kier alpha value is -4.05. The zero-order chi connectivity index (χ0) is 22.5. The third-order valence-corrected chi connectivity index (χ3v) is 5.16. The van der Waals surface area contributed by atoms with E-state index in [2.05, 4.69) is 0 Å². The van der Waals surface area contributed by atoms with Crippen molar-refractivity contribution in [3.8, 4) is 23.4 Å². The van der Waals surface area contributed by atoms with Crippen LogP contribution in [0.3, 0.4) is 0 Å². The standard InChI is InChI=1S/C24H22N2O5/c1-15-20(14-25)23(28)26(13-12-16-4-8-18(30-2)9-5-16)24(29)21(15)22(27)17-6-10-19(31-3)11-7-17/h4-11,29H,12-13H2,1-3H3. The first-order valence-corrected chi connectivity index (χ1v) is 9.59. The van der Waals surface area contributed by atoms with Gasteiger partial charge in [-0.05, 0) is 60.9 Å². The minimum absolute atomic E-state index is 0.0592. The number of aromatic hydroxyl groups is 1. The summed E-state index contributed by atoms with van der Waals surface area (Å²) in [4.78, 5) is 25.9. The Morgan fingerprint density at radius 3 is 2.10 bits per heavy atom. The number of hydrogen-bond acceptors (Lipinski definition) is 6. The maximum Gasteiger partial charge on any atom is 0.271 e. The number of hydrogen-bond donors (Lipinski definition) is 1. The molecule has 0 bridgehead atoms. The van der Waals surface area contributed by atoms with E-state index in [-0.39, 0.29) is 23.2 Å².